The zero-order valence-corrected chi connectivity index (χ0v) is 21.5. The normalized spacial score (nSPS) is 40.7. The van der Waals surface area contributed by atoms with Crippen molar-refractivity contribution < 1.29 is 24.9 Å². The van der Waals surface area contributed by atoms with E-state index in [1.807, 2.05) is 6.92 Å². The molecule has 0 aromatic rings. The van der Waals surface area contributed by atoms with E-state index in [2.05, 4.69) is 33.8 Å². The molecule has 188 valence electrons. The maximum Gasteiger partial charge on any atom is 0.165 e. The predicted molar refractivity (Wildman–Crippen MR) is 131 cm³/mol. The molecule has 8 atom stereocenters. The molecular formula is C28H46O5. The number of aliphatic hydroxyl groups is 3. The second kappa shape index (κ2) is 10.3. The minimum atomic E-state index is -0.712. The van der Waals surface area contributed by atoms with Crippen molar-refractivity contribution >= 4 is 5.78 Å². The Morgan fingerprint density at radius 3 is 2.55 bits per heavy atom. The van der Waals surface area contributed by atoms with Crippen LogP contribution in [0.15, 0.2) is 23.3 Å². The number of rotatable bonds is 8. The molecule has 0 aromatic heterocycles. The molecule has 33 heavy (non-hydrogen) atoms. The first-order chi connectivity index (χ1) is 15.5. The van der Waals surface area contributed by atoms with Crippen molar-refractivity contribution in [2.75, 3.05) is 13.7 Å². The smallest absolute Gasteiger partial charge is 0.165 e. The number of hydrogen-bond acceptors (Lipinski definition) is 5. The number of aliphatic hydroxyl groups excluding tert-OH is 3. The molecule has 0 heterocycles. The summed E-state index contributed by atoms with van der Waals surface area (Å²) in [7, 11) is 1.76. The summed E-state index contributed by atoms with van der Waals surface area (Å²) in [5.41, 5.74) is 1.15. The maximum atomic E-state index is 13.9. The zero-order valence-electron chi connectivity index (χ0n) is 21.5. The highest BCUT2D eigenvalue weighted by atomic mass is 16.5. The Hall–Kier alpha value is -1.01. The van der Waals surface area contributed by atoms with E-state index >= 15 is 0 Å². The van der Waals surface area contributed by atoms with Gasteiger partial charge in [0.25, 0.3) is 0 Å². The highest BCUT2D eigenvalue weighted by Crippen LogP contribution is 2.59. The van der Waals surface area contributed by atoms with Gasteiger partial charge in [0.2, 0.25) is 0 Å². The van der Waals surface area contributed by atoms with E-state index in [4.69, 9.17) is 4.74 Å². The Balaban J connectivity index is 1.94. The molecule has 3 rings (SSSR count). The summed E-state index contributed by atoms with van der Waals surface area (Å²) >= 11 is 0. The van der Waals surface area contributed by atoms with Crippen LogP contribution in [0.25, 0.3) is 0 Å². The minimum Gasteiger partial charge on any atom is -0.396 e. The highest BCUT2D eigenvalue weighted by molar-refractivity contribution is 6.01. The van der Waals surface area contributed by atoms with Crippen LogP contribution in [0.1, 0.15) is 79.6 Å². The fourth-order valence-electron chi connectivity index (χ4n) is 7.29. The van der Waals surface area contributed by atoms with Gasteiger partial charge in [-0.25, -0.2) is 0 Å². The number of methoxy groups -OCH3 is 1. The fraction of sp³-hybridized carbons (Fsp3) is 0.821. The summed E-state index contributed by atoms with van der Waals surface area (Å²) in [5, 5.41) is 31.2. The van der Waals surface area contributed by atoms with Gasteiger partial charge in [-0.05, 0) is 86.7 Å². The molecule has 0 radical (unpaired) electrons. The molecule has 3 N–H and O–H groups in total. The van der Waals surface area contributed by atoms with Gasteiger partial charge in [-0.3, -0.25) is 4.79 Å². The number of allylic oxidation sites excluding steroid dienone is 2. The third kappa shape index (κ3) is 5.03. The molecule has 0 aliphatic heterocycles. The van der Waals surface area contributed by atoms with Crippen molar-refractivity contribution in [2.24, 2.45) is 34.5 Å². The van der Waals surface area contributed by atoms with Crippen LogP contribution < -0.4 is 0 Å². The van der Waals surface area contributed by atoms with Crippen LogP contribution in [0, 0.1) is 34.5 Å². The van der Waals surface area contributed by atoms with Gasteiger partial charge < -0.3 is 20.1 Å². The van der Waals surface area contributed by atoms with Crippen molar-refractivity contribution in [1.29, 1.82) is 0 Å². The van der Waals surface area contributed by atoms with Crippen molar-refractivity contribution in [3.63, 3.8) is 0 Å². The van der Waals surface area contributed by atoms with E-state index in [9.17, 15) is 20.1 Å². The Morgan fingerprint density at radius 2 is 1.94 bits per heavy atom. The van der Waals surface area contributed by atoms with Crippen LogP contribution in [0.5, 0.6) is 0 Å². The topological polar surface area (TPSA) is 87.0 Å². The third-order valence-corrected chi connectivity index (χ3v) is 9.25. The number of carbonyl (C=O) groups excluding carboxylic acids is 1. The number of carbonyl (C=O) groups is 1. The van der Waals surface area contributed by atoms with E-state index in [0.717, 1.165) is 24.8 Å². The lowest BCUT2D eigenvalue weighted by Crippen LogP contribution is -2.52. The first-order valence-electron chi connectivity index (χ1n) is 12.9. The van der Waals surface area contributed by atoms with Crippen LogP contribution in [-0.4, -0.2) is 53.1 Å². The molecule has 0 bridgehead atoms. The van der Waals surface area contributed by atoms with Gasteiger partial charge in [-0.1, -0.05) is 39.3 Å². The van der Waals surface area contributed by atoms with Gasteiger partial charge in [-0.2, -0.15) is 0 Å². The quantitative estimate of drug-likeness (QED) is 0.464. The van der Waals surface area contributed by atoms with E-state index in [0.29, 0.717) is 31.6 Å². The predicted octanol–water partition coefficient (Wildman–Crippen LogP) is 4.45. The molecule has 5 nitrogen and oxygen atoms in total. The first-order valence-corrected chi connectivity index (χ1v) is 12.9. The van der Waals surface area contributed by atoms with Crippen LogP contribution in [0.4, 0.5) is 0 Å². The molecular weight excluding hydrogens is 416 g/mol. The van der Waals surface area contributed by atoms with Crippen LogP contribution >= 0.6 is 0 Å². The Morgan fingerprint density at radius 1 is 1.24 bits per heavy atom. The monoisotopic (exact) mass is 462 g/mol. The zero-order chi connectivity index (χ0) is 24.6. The van der Waals surface area contributed by atoms with Gasteiger partial charge >= 0.3 is 0 Å². The summed E-state index contributed by atoms with van der Waals surface area (Å²) in [6, 6.07) is 0. The second-order valence-corrected chi connectivity index (χ2v) is 11.9. The molecule has 2 fully saturated rings. The summed E-state index contributed by atoms with van der Waals surface area (Å²) in [6.45, 7) is 10.8. The molecule has 0 amide bonds. The molecule has 0 saturated heterocycles. The number of ketones is 1. The van der Waals surface area contributed by atoms with E-state index in [-0.39, 0.29) is 41.7 Å². The Kier molecular flexibility index (Phi) is 8.31. The molecule has 0 spiro atoms. The number of Topliss-reactive ketones (excluding diaryl/α,β-unsaturated/α-hetero) is 1. The van der Waals surface area contributed by atoms with Crippen molar-refractivity contribution in [1.82, 2.24) is 0 Å². The standard InChI is InChI=1S/C28H46O5/c1-17(2)13-20(33-6)14-18(3)22-7-8-23(27(22,4)11-12-29)21-16-25(31)24-15-19(30)9-10-28(24,5)26(21)32/h14,16-17,19-20,22-25,29-31H,7-13,15H2,1-6H3/t19-,20-,22+,23-,24+,25-,27+,28-/m0/s1. The van der Waals surface area contributed by atoms with Crippen molar-refractivity contribution in [3.05, 3.63) is 23.3 Å². The van der Waals surface area contributed by atoms with Gasteiger partial charge in [0.05, 0.1) is 18.3 Å². The first kappa shape index (κ1) is 26.6. The molecule has 5 heteroatoms. The molecule has 3 aliphatic carbocycles. The van der Waals surface area contributed by atoms with E-state index in [1.54, 1.807) is 13.2 Å². The number of ether oxygens (including phenoxy) is 1. The summed E-state index contributed by atoms with van der Waals surface area (Å²) < 4.78 is 5.73. The second-order valence-electron chi connectivity index (χ2n) is 11.9. The lowest BCUT2D eigenvalue weighted by Gasteiger charge is -2.49. The van der Waals surface area contributed by atoms with E-state index in [1.165, 1.54) is 5.57 Å². The Labute approximate surface area is 200 Å². The van der Waals surface area contributed by atoms with Crippen LogP contribution in [-0.2, 0) is 9.53 Å². The fourth-order valence-corrected chi connectivity index (χ4v) is 7.29. The highest BCUT2D eigenvalue weighted by Gasteiger charge is 2.56. The van der Waals surface area contributed by atoms with Gasteiger partial charge in [-0.15, -0.1) is 0 Å². The van der Waals surface area contributed by atoms with Crippen LogP contribution in [0.2, 0.25) is 0 Å². The molecule has 3 aliphatic rings. The Bertz CT molecular complexity index is 770. The average Bonchev–Trinajstić information content (AvgIpc) is 3.08. The molecule has 0 unspecified atom stereocenters. The molecule has 0 aromatic carbocycles. The molecule has 2 saturated carbocycles. The third-order valence-electron chi connectivity index (χ3n) is 9.25. The maximum absolute atomic E-state index is 13.9. The van der Waals surface area contributed by atoms with E-state index < -0.39 is 17.6 Å². The lowest BCUT2D eigenvalue weighted by molar-refractivity contribution is -0.138. The average molecular weight is 463 g/mol. The SMILES string of the molecule is CO[C@H](C=C(C)[C@H]1CC[C@@H](C2=C[C@H](O)[C@H]3C[C@@H](O)CC[C@]3(C)C2=O)[C@]1(C)CCO)CC(C)C. The van der Waals surface area contributed by atoms with Crippen molar-refractivity contribution in [2.45, 2.75) is 97.9 Å². The van der Waals surface area contributed by atoms with Gasteiger partial charge in [0, 0.05) is 25.0 Å². The summed E-state index contributed by atoms with van der Waals surface area (Å²) in [6.07, 6.45) is 8.06. The van der Waals surface area contributed by atoms with Crippen molar-refractivity contribution in [3.8, 4) is 0 Å². The van der Waals surface area contributed by atoms with Crippen LogP contribution in [0.3, 0.4) is 0 Å². The number of hydrogen-bond donors (Lipinski definition) is 3. The van der Waals surface area contributed by atoms with Gasteiger partial charge in [0.1, 0.15) is 0 Å². The number of fused-ring (bicyclic) bond motifs is 1. The minimum absolute atomic E-state index is 0.0101. The summed E-state index contributed by atoms with van der Waals surface area (Å²) in [4.78, 5) is 13.9. The summed E-state index contributed by atoms with van der Waals surface area (Å²) in [5.74, 6) is 0.725. The van der Waals surface area contributed by atoms with Gasteiger partial charge in [0.15, 0.2) is 5.78 Å². The lowest BCUT2D eigenvalue weighted by atomic mass is 9.55. The largest absolute Gasteiger partial charge is 0.396 e.